The molecule has 4 amide bonds. The zero-order valence-corrected chi connectivity index (χ0v) is 22.2. The molecule has 0 saturated heterocycles. The van der Waals surface area contributed by atoms with Gasteiger partial charge in [0.2, 0.25) is 23.6 Å². The Morgan fingerprint density at radius 2 is 1.39 bits per heavy atom. The van der Waals surface area contributed by atoms with Gasteiger partial charge in [0.15, 0.2) is 5.96 Å². The quantitative estimate of drug-likeness (QED) is 0.0464. The van der Waals surface area contributed by atoms with Crippen molar-refractivity contribution in [2.45, 2.75) is 62.7 Å². The third kappa shape index (κ3) is 11.7. The van der Waals surface area contributed by atoms with Crippen LogP contribution in [0, 0.1) is 0 Å². The summed E-state index contributed by atoms with van der Waals surface area (Å²) < 4.78 is 0. The lowest BCUT2D eigenvalue weighted by Crippen LogP contribution is -2.57. The van der Waals surface area contributed by atoms with Gasteiger partial charge < -0.3 is 54.0 Å². The molecule has 4 unspecified atom stereocenters. The number of carboxylic acid groups (broad SMARTS) is 1. The van der Waals surface area contributed by atoms with Gasteiger partial charge in [0.25, 0.3) is 0 Å². The van der Waals surface area contributed by atoms with E-state index < -0.39 is 53.8 Å². The van der Waals surface area contributed by atoms with Crippen LogP contribution in [0.4, 0.5) is 0 Å². The van der Waals surface area contributed by atoms with Crippen LogP contribution in [-0.2, 0) is 36.8 Å². The van der Waals surface area contributed by atoms with E-state index in [-0.39, 0.29) is 51.0 Å². The normalized spacial score (nSPS) is 13.7. The van der Waals surface area contributed by atoms with E-state index in [1.54, 1.807) is 0 Å². The minimum Gasteiger partial charge on any atom is -0.480 e. The second-order valence-electron chi connectivity index (χ2n) is 9.14. The number of aliphatic carboxylic acids is 1. The molecule has 0 aliphatic heterocycles. The van der Waals surface area contributed by atoms with Gasteiger partial charge in [0, 0.05) is 49.6 Å². The lowest BCUT2D eigenvalue weighted by atomic mass is 10.1. The lowest BCUT2D eigenvalue weighted by molar-refractivity contribution is -0.142. The van der Waals surface area contributed by atoms with Crippen molar-refractivity contribution in [3.63, 3.8) is 0 Å². The van der Waals surface area contributed by atoms with Crippen molar-refractivity contribution in [3.05, 3.63) is 36.4 Å². The van der Waals surface area contributed by atoms with Crippen LogP contribution < -0.4 is 38.9 Å². The molecule has 2 aromatic rings. The van der Waals surface area contributed by atoms with E-state index in [9.17, 15) is 29.1 Å². The third-order valence-electron chi connectivity index (χ3n) is 5.82. The zero-order valence-electron chi connectivity index (χ0n) is 22.2. The molecule has 18 nitrogen and oxygen atoms in total. The molecule has 2 rings (SSSR count). The first-order chi connectivity index (χ1) is 19.5. The van der Waals surface area contributed by atoms with Gasteiger partial charge in [-0.2, -0.15) is 0 Å². The maximum absolute atomic E-state index is 13.4. The number of primary amides is 1. The predicted octanol–water partition coefficient (Wildman–Crippen LogP) is -3.90. The number of carbonyl (C=O) groups excluding carboxylic acids is 4. The monoisotopic (exact) mass is 576 g/mol. The summed E-state index contributed by atoms with van der Waals surface area (Å²) in [6, 6.07) is -4.89. The summed E-state index contributed by atoms with van der Waals surface area (Å²) in [5.41, 5.74) is 22.9. The second-order valence-corrected chi connectivity index (χ2v) is 9.14. The highest BCUT2D eigenvalue weighted by Gasteiger charge is 2.31. The number of guanidine groups is 1. The standard InChI is InChI=1S/C23H36N12O6/c24-14(6-12-8-28-10-31-12)19(37)35-17(7-13-9-29-11-32-13)21(39)33-15(2-1-5-30-23(26)27)20(38)34-16(22(40)41)3-4-18(25)36/h8-11,14-17H,1-7,24H2,(H2,25,36)(H,28,31)(H,29,32)(H,33,39)(H,34,38)(H,35,37)(H,40,41)(H4,26,27,30). The molecule has 0 fully saturated rings. The van der Waals surface area contributed by atoms with Gasteiger partial charge in [-0.05, 0) is 19.3 Å². The highest BCUT2D eigenvalue weighted by Crippen LogP contribution is 2.06. The van der Waals surface area contributed by atoms with Crippen molar-refractivity contribution >= 4 is 35.6 Å². The molecule has 0 aromatic carbocycles. The summed E-state index contributed by atoms with van der Waals surface area (Å²) in [7, 11) is 0. The summed E-state index contributed by atoms with van der Waals surface area (Å²) in [4.78, 5) is 79.4. The van der Waals surface area contributed by atoms with E-state index in [4.69, 9.17) is 22.9 Å². The number of nitrogens with one attached hydrogen (secondary N) is 5. The van der Waals surface area contributed by atoms with E-state index >= 15 is 0 Å². The zero-order chi connectivity index (χ0) is 30.4. The highest BCUT2D eigenvalue weighted by molar-refractivity contribution is 5.94. The number of aromatic amines is 2. The maximum Gasteiger partial charge on any atom is 0.326 e. The molecule has 0 aliphatic rings. The number of nitrogens with two attached hydrogens (primary N) is 4. The number of hydrogen-bond donors (Lipinski definition) is 10. The molecule has 4 atom stereocenters. The molecule has 2 aromatic heterocycles. The number of rotatable bonds is 18. The topological polar surface area (TPSA) is 315 Å². The Labute approximate surface area is 234 Å². The number of carboxylic acids is 1. The molecule has 18 heteroatoms. The van der Waals surface area contributed by atoms with E-state index in [0.29, 0.717) is 11.4 Å². The Balaban J connectivity index is 2.19. The Morgan fingerprint density at radius 3 is 1.93 bits per heavy atom. The Bertz CT molecular complexity index is 1180. The van der Waals surface area contributed by atoms with Crippen molar-refractivity contribution in [2.75, 3.05) is 6.54 Å². The van der Waals surface area contributed by atoms with Crippen LogP contribution in [0.5, 0.6) is 0 Å². The van der Waals surface area contributed by atoms with E-state index in [1.165, 1.54) is 25.0 Å². The Kier molecular flexibility index (Phi) is 12.7. The Hall–Kier alpha value is -5.00. The average Bonchev–Trinajstić information content (AvgIpc) is 3.61. The number of nitrogens with zero attached hydrogens (tertiary/aromatic N) is 3. The minimum absolute atomic E-state index is 0.0145. The molecule has 0 aliphatic carbocycles. The summed E-state index contributed by atoms with van der Waals surface area (Å²) >= 11 is 0. The van der Waals surface area contributed by atoms with Crippen molar-refractivity contribution in [2.24, 2.45) is 27.9 Å². The third-order valence-corrected chi connectivity index (χ3v) is 5.82. The van der Waals surface area contributed by atoms with Gasteiger partial charge >= 0.3 is 5.97 Å². The summed E-state index contributed by atoms with van der Waals surface area (Å²) in [5, 5.41) is 16.9. The fourth-order valence-corrected chi connectivity index (χ4v) is 3.69. The number of H-pyrrole nitrogens is 2. The van der Waals surface area contributed by atoms with Crippen LogP contribution in [0.2, 0.25) is 0 Å². The molecule has 0 spiro atoms. The first-order valence-electron chi connectivity index (χ1n) is 12.6. The first-order valence-corrected chi connectivity index (χ1v) is 12.6. The van der Waals surface area contributed by atoms with Crippen LogP contribution in [0.3, 0.4) is 0 Å². The van der Waals surface area contributed by atoms with Gasteiger partial charge in [0.05, 0.1) is 18.7 Å². The van der Waals surface area contributed by atoms with Crippen LogP contribution in [0.25, 0.3) is 0 Å². The lowest BCUT2D eigenvalue weighted by Gasteiger charge is -2.25. The molecule has 2 heterocycles. The van der Waals surface area contributed by atoms with Gasteiger partial charge in [0.1, 0.15) is 18.1 Å². The SMILES string of the molecule is NC(=O)CCC(NC(=O)C(CCCN=C(N)N)NC(=O)C(Cc1cnc[nH]1)NC(=O)C(N)Cc1cnc[nH]1)C(=O)O. The van der Waals surface area contributed by atoms with Gasteiger partial charge in [-0.25, -0.2) is 14.8 Å². The molecule has 0 bridgehead atoms. The van der Waals surface area contributed by atoms with Crippen molar-refractivity contribution < 1.29 is 29.1 Å². The number of aliphatic imine (C=N–C) groups is 1. The summed E-state index contributed by atoms with van der Waals surface area (Å²) in [6.45, 7) is 0.128. The fraction of sp³-hybridized carbons (Fsp3) is 0.478. The van der Waals surface area contributed by atoms with Crippen LogP contribution in [0.1, 0.15) is 37.1 Å². The van der Waals surface area contributed by atoms with Gasteiger partial charge in [-0.15, -0.1) is 0 Å². The van der Waals surface area contributed by atoms with Crippen LogP contribution >= 0.6 is 0 Å². The Morgan fingerprint density at radius 1 is 0.829 bits per heavy atom. The average molecular weight is 577 g/mol. The fourth-order valence-electron chi connectivity index (χ4n) is 3.69. The molecule has 0 radical (unpaired) electrons. The second kappa shape index (κ2) is 16.2. The highest BCUT2D eigenvalue weighted by atomic mass is 16.4. The largest absolute Gasteiger partial charge is 0.480 e. The molecule has 0 saturated carbocycles. The summed E-state index contributed by atoms with van der Waals surface area (Å²) in [6.07, 6.45) is 5.64. The molecular formula is C23H36N12O6. The number of amides is 4. The number of aromatic nitrogens is 4. The van der Waals surface area contributed by atoms with E-state index in [0.717, 1.165) is 0 Å². The van der Waals surface area contributed by atoms with E-state index in [2.05, 4.69) is 40.9 Å². The summed E-state index contributed by atoms with van der Waals surface area (Å²) in [5.74, 6) is -4.50. The van der Waals surface area contributed by atoms with Crippen molar-refractivity contribution in [3.8, 4) is 0 Å². The predicted molar refractivity (Wildman–Crippen MR) is 144 cm³/mol. The van der Waals surface area contributed by atoms with E-state index in [1.807, 2.05) is 0 Å². The number of hydrogen-bond acceptors (Lipinski definition) is 9. The minimum atomic E-state index is -1.44. The van der Waals surface area contributed by atoms with Crippen molar-refractivity contribution in [1.82, 2.24) is 35.9 Å². The molecule has 41 heavy (non-hydrogen) atoms. The smallest absolute Gasteiger partial charge is 0.326 e. The maximum atomic E-state index is 13.4. The molecule has 14 N–H and O–H groups in total. The van der Waals surface area contributed by atoms with Gasteiger partial charge in [-0.1, -0.05) is 0 Å². The van der Waals surface area contributed by atoms with Crippen LogP contribution in [0.15, 0.2) is 30.0 Å². The van der Waals surface area contributed by atoms with Gasteiger partial charge in [-0.3, -0.25) is 24.2 Å². The molecular weight excluding hydrogens is 540 g/mol. The number of imidazole rings is 2. The van der Waals surface area contributed by atoms with Crippen molar-refractivity contribution in [1.29, 1.82) is 0 Å². The molecule has 224 valence electrons. The first kappa shape index (κ1) is 32.2. The number of carbonyl (C=O) groups is 5. The van der Waals surface area contributed by atoms with Crippen LogP contribution in [-0.4, -0.2) is 91.3 Å².